The zero-order valence-electron chi connectivity index (χ0n) is 12.0. The lowest BCUT2D eigenvalue weighted by Gasteiger charge is -2.44. The summed E-state index contributed by atoms with van der Waals surface area (Å²) in [6.07, 6.45) is 5.42. The SMILES string of the molecule is O=C(Nc1cc(CC2CC2)on1)N1C[C@@H]2C[C@@H](CO)C[C@@H]21. The van der Waals surface area contributed by atoms with Gasteiger partial charge in [0.1, 0.15) is 5.76 Å². The summed E-state index contributed by atoms with van der Waals surface area (Å²) in [5.74, 6) is 3.03. The lowest BCUT2D eigenvalue weighted by molar-refractivity contribution is 0.0796. The molecule has 6 heteroatoms. The summed E-state index contributed by atoms with van der Waals surface area (Å²) in [6, 6.07) is 2.03. The average Bonchev–Trinajstić information content (AvgIpc) is 3.06. The van der Waals surface area contributed by atoms with Gasteiger partial charge in [-0.2, -0.15) is 0 Å². The predicted molar refractivity (Wildman–Crippen MR) is 75.7 cm³/mol. The maximum atomic E-state index is 12.2. The van der Waals surface area contributed by atoms with E-state index in [2.05, 4.69) is 10.5 Å². The van der Waals surface area contributed by atoms with Gasteiger partial charge >= 0.3 is 6.03 Å². The molecule has 0 spiro atoms. The maximum Gasteiger partial charge on any atom is 0.323 e. The smallest absolute Gasteiger partial charge is 0.323 e. The van der Waals surface area contributed by atoms with Gasteiger partial charge in [0.05, 0.1) is 0 Å². The minimum atomic E-state index is -0.0962. The Balaban J connectivity index is 1.32. The molecule has 21 heavy (non-hydrogen) atoms. The lowest BCUT2D eigenvalue weighted by atomic mass is 9.92. The first kappa shape index (κ1) is 13.1. The molecule has 1 saturated heterocycles. The van der Waals surface area contributed by atoms with E-state index < -0.39 is 0 Å². The number of hydrogen-bond donors (Lipinski definition) is 2. The van der Waals surface area contributed by atoms with Crippen molar-refractivity contribution in [3.63, 3.8) is 0 Å². The number of carbonyl (C=O) groups excluding carboxylic acids is 1. The molecule has 0 aromatic carbocycles. The van der Waals surface area contributed by atoms with E-state index in [-0.39, 0.29) is 12.6 Å². The van der Waals surface area contributed by atoms with Crippen LogP contribution in [0.1, 0.15) is 31.4 Å². The van der Waals surface area contributed by atoms with Crippen LogP contribution in [0, 0.1) is 17.8 Å². The predicted octanol–water partition coefficient (Wildman–Crippen LogP) is 1.86. The van der Waals surface area contributed by atoms with Crippen molar-refractivity contribution in [1.29, 1.82) is 0 Å². The van der Waals surface area contributed by atoms with E-state index in [9.17, 15) is 9.90 Å². The number of likely N-dealkylation sites (tertiary alicyclic amines) is 1. The number of urea groups is 1. The Morgan fingerprint density at radius 3 is 3.05 bits per heavy atom. The second kappa shape index (κ2) is 5.02. The van der Waals surface area contributed by atoms with E-state index in [1.165, 1.54) is 12.8 Å². The molecule has 3 aliphatic rings. The summed E-state index contributed by atoms with van der Waals surface area (Å²) in [7, 11) is 0. The van der Waals surface area contributed by atoms with Crippen molar-refractivity contribution in [2.45, 2.75) is 38.1 Å². The van der Waals surface area contributed by atoms with Crippen LogP contribution in [-0.2, 0) is 6.42 Å². The normalized spacial score (nSPS) is 30.9. The molecule has 1 aromatic heterocycles. The van der Waals surface area contributed by atoms with Gasteiger partial charge in [-0.1, -0.05) is 5.16 Å². The third-order valence-electron chi connectivity index (χ3n) is 5.09. The maximum absolute atomic E-state index is 12.2. The Morgan fingerprint density at radius 1 is 1.43 bits per heavy atom. The van der Waals surface area contributed by atoms with Crippen LogP contribution >= 0.6 is 0 Å². The van der Waals surface area contributed by atoms with Crippen molar-refractivity contribution in [2.75, 3.05) is 18.5 Å². The van der Waals surface area contributed by atoms with Gasteiger partial charge in [0.15, 0.2) is 5.82 Å². The van der Waals surface area contributed by atoms with Gasteiger partial charge in [0.25, 0.3) is 0 Å². The van der Waals surface area contributed by atoms with Gasteiger partial charge in [-0.05, 0) is 43.4 Å². The molecule has 0 radical (unpaired) electrons. The number of aliphatic hydroxyl groups is 1. The molecule has 0 bridgehead atoms. The number of aromatic nitrogens is 1. The minimum absolute atomic E-state index is 0.0962. The molecule has 1 aromatic rings. The van der Waals surface area contributed by atoms with E-state index in [1.807, 2.05) is 11.0 Å². The fourth-order valence-electron chi connectivity index (χ4n) is 3.68. The molecule has 2 heterocycles. The summed E-state index contributed by atoms with van der Waals surface area (Å²) in [4.78, 5) is 14.1. The highest BCUT2D eigenvalue weighted by Gasteiger charge is 2.48. The van der Waals surface area contributed by atoms with Gasteiger partial charge in [-0.25, -0.2) is 4.79 Å². The van der Waals surface area contributed by atoms with Crippen LogP contribution in [0.2, 0.25) is 0 Å². The number of fused-ring (bicyclic) bond motifs is 1. The summed E-state index contributed by atoms with van der Waals surface area (Å²) in [5, 5.41) is 16.0. The van der Waals surface area contributed by atoms with Crippen molar-refractivity contribution < 1.29 is 14.4 Å². The number of amides is 2. The highest BCUT2D eigenvalue weighted by atomic mass is 16.5. The number of carbonyl (C=O) groups is 1. The summed E-state index contributed by atoms with van der Waals surface area (Å²) in [5.41, 5.74) is 0. The summed E-state index contributed by atoms with van der Waals surface area (Å²) >= 11 is 0. The second-order valence-corrected chi connectivity index (χ2v) is 6.76. The Hall–Kier alpha value is -1.56. The first-order valence-electron chi connectivity index (χ1n) is 7.87. The van der Waals surface area contributed by atoms with Crippen molar-refractivity contribution in [3.05, 3.63) is 11.8 Å². The summed E-state index contributed by atoms with van der Waals surface area (Å²) < 4.78 is 5.25. The van der Waals surface area contributed by atoms with Gasteiger partial charge in [-0.3, -0.25) is 5.32 Å². The Bertz CT molecular complexity index is 540. The molecule has 1 aliphatic heterocycles. The van der Waals surface area contributed by atoms with E-state index >= 15 is 0 Å². The number of hydrogen-bond acceptors (Lipinski definition) is 4. The fourth-order valence-corrected chi connectivity index (χ4v) is 3.68. The first-order chi connectivity index (χ1) is 10.2. The molecular formula is C15H21N3O3. The largest absolute Gasteiger partial charge is 0.396 e. The molecule has 4 rings (SSSR count). The number of aliphatic hydroxyl groups excluding tert-OH is 1. The van der Waals surface area contributed by atoms with Gasteiger partial charge in [0, 0.05) is 31.7 Å². The Kier molecular flexibility index (Phi) is 3.14. The molecule has 2 aliphatic carbocycles. The average molecular weight is 291 g/mol. The minimum Gasteiger partial charge on any atom is -0.396 e. The van der Waals surface area contributed by atoms with E-state index in [0.29, 0.717) is 23.7 Å². The molecule has 2 N–H and O–H groups in total. The van der Waals surface area contributed by atoms with Crippen LogP contribution in [0.3, 0.4) is 0 Å². The van der Waals surface area contributed by atoms with Crippen LogP contribution in [-0.4, -0.2) is 40.4 Å². The molecule has 2 amide bonds. The molecular weight excluding hydrogens is 270 g/mol. The summed E-state index contributed by atoms with van der Waals surface area (Å²) in [6.45, 7) is 1.02. The van der Waals surface area contributed by atoms with E-state index in [1.54, 1.807) is 0 Å². The topological polar surface area (TPSA) is 78.6 Å². The Labute approximate surface area is 123 Å². The zero-order valence-corrected chi connectivity index (χ0v) is 12.0. The third kappa shape index (κ3) is 2.52. The van der Waals surface area contributed by atoms with Gasteiger partial charge in [-0.15, -0.1) is 0 Å². The van der Waals surface area contributed by atoms with Gasteiger partial charge in [0.2, 0.25) is 0 Å². The number of rotatable bonds is 4. The number of nitrogens with one attached hydrogen (secondary N) is 1. The third-order valence-corrected chi connectivity index (χ3v) is 5.09. The zero-order chi connectivity index (χ0) is 14.4. The number of nitrogens with zero attached hydrogens (tertiary/aromatic N) is 2. The second-order valence-electron chi connectivity index (χ2n) is 6.76. The van der Waals surface area contributed by atoms with Crippen LogP contribution in [0.25, 0.3) is 0 Å². The molecule has 6 nitrogen and oxygen atoms in total. The first-order valence-corrected chi connectivity index (χ1v) is 7.87. The molecule has 3 atom stereocenters. The highest BCUT2D eigenvalue weighted by Crippen LogP contribution is 2.42. The number of anilines is 1. The van der Waals surface area contributed by atoms with Crippen molar-refractivity contribution in [3.8, 4) is 0 Å². The van der Waals surface area contributed by atoms with Crippen molar-refractivity contribution in [2.24, 2.45) is 17.8 Å². The van der Waals surface area contributed by atoms with Crippen LogP contribution < -0.4 is 5.32 Å². The van der Waals surface area contributed by atoms with Crippen LogP contribution in [0.15, 0.2) is 10.6 Å². The molecule has 0 unspecified atom stereocenters. The van der Waals surface area contributed by atoms with Crippen LogP contribution in [0.4, 0.5) is 10.6 Å². The van der Waals surface area contributed by atoms with Crippen molar-refractivity contribution in [1.82, 2.24) is 10.1 Å². The van der Waals surface area contributed by atoms with E-state index in [0.717, 1.165) is 37.5 Å². The molecule has 114 valence electrons. The lowest BCUT2D eigenvalue weighted by Crippen LogP contribution is -2.57. The van der Waals surface area contributed by atoms with Gasteiger partial charge < -0.3 is 14.5 Å². The molecule has 3 fully saturated rings. The van der Waals surface area contributed by atoms with E-state index in [4.69, 9.17) is 4.52 Å². The highest BCUT2D eigenvalue weighted by molar-refractivity contribution is 5.89. The van der Waals surface area contributed by atoms with Crippen LogP contribution in [0.5, 0.6) is 0 Å². The standard InChI is InChI=1S/C15H21N3O3/c19-8-10-3-11-7-18(13(11)5-10)15(20)16-14-6-12(21-17-14)4-9-1-2-9/h6,9-11,13,19H,1-5,7-8H2,(H,16,17,20)/t10-,11+,13+/m1/s1. The molecule has 2 saturated carbocycles. The fraction of sp³-hybridized carbons (Fsp3) is 0.733. The van der Waals surface area contributed by atoms with Crippen molar-refractivity contribution >= 4 is 11.8 Å². The quantitative estimate of drug-likeness (QED) is 0.887. The monoisotopic (exact) mass is 291 g/mol. The Morgan fingerprint density at radius 2 is 2.29 bits per heavy atom.